The lowest BCUT2D eigenvalue weighted by molar-refractivity contribution is -0.136. The van der Waals surface area contributed by atoms with Crippen molar-refractivity contribution >= 4 is 23.6 Å². The topological polar surface area (TPSA) is 134 Å². The Morgan fingerprint density at radius 2 is 2.00 bits per heavy atom. The average molecular weight is 294 g/mol. The number of nitrogens with two attached hydrogens (primary N) is 1. The lowest BCUT2D eigenvalue weighted by atomic mass is 10.0. The predicted octanol–water partition coefficient (Wildman–Crippen LogP) is 0.340. The number of primary amides is 1. The van der Waals surface area contributed by atoms with Gasteiger partial charge in [-0.15, -0.1) is 0 Å². The van der Waals surface area contributed by atoms with Gasteiger partial charge in [0.1, 0.15) is 6.04 Å². The molecule has 1 aromatic heterocycles. The number of rotatable bonds is 6. The van der Waals surface area contributed by atoms with Gasteiger partial charge in [-0.05, 0) is 18.1 Å². The van der Waals surface area contributed by atoms with E-state index in [1.165, 1.54) is 12.3 Å². The summed E-state index contributed by atoms with van der Waals surface area (Å²) in [6.07, 6.45) is 1.17. The molecule has 1 rings (SSSR count). The minimum absolute atomic E-state index is 0.142. The van der Waals surface area contributed by atoms with Gasteiger partial charge < -0.3 is 21.5 Å². The van der Waals surface area contributed by atoms with E-state index in [4.69, 9.17) is 10.8 Å². The van der Waals surface area contributed by atoms with Crippen molar-refractivity contribution in [1.82, 2.24) is 10.3 Å². The molecule has 0 saturated heterocycles. The van der Waals surface area contributed by atoms with Crippen LogP contribution in [0.2, 0.25) is 0 Å². The number of carbonyl (C=O) groups is 3. The predicted molar refractivity (Wildman–Crippen MR) is 75.6 cm³/mol. The summed E-state index contributed by atoms with van der Waals surface area (Å²) in [7, 11) is 0. The van der Waals surface area contributed by atoms with Gasteiger partial charge in [-0.2, -0.15) is 0 Å². The van der Waals surface area contributed by atoms with E-state index in [1.54, 1.807) is 19.9 Å². The number of pyridine rings is 1. The van der Waals surface area contributed by atoms with Crippen molar-refractivity contribution in [3.05, 3.63) is 24.0 Å². The van der Waals surface area contributed by atoms with Crippen LogP contribution in [0.25, 0.3) is 0 Å². The quantitative estimate of drug-likeness (QED) is 0.600. The highest BCUT2D eigenvalue weighted by atomic mass is 16.4. The van der Waals surface area contributed by atoms with Crippen molar-refractivity contribution in [2.24, 2.45) is 11.7 Å². The number of hydrogen-bond acceptors (Lipinski definition) is 4. The summed E-state index contributed by atoms with van der Waals surface area (Å²) in [4.78, 5) is 37.4. The van der Waals surface area contributed by atoms with Crippen LogP contribution in [0.1, 0.15) is 19.5 Å². The first-order valence-electron chi connectivity index (χ1n) is 6.33. The van der Waals surface area contributed by atoms with Crippen molar-refractivity contribution in [1.29, 1.82) is 0 Å². The average Bonchev–Trinajstić information content (AvgIpc) is 2.37. The second kappa shape index (κ2) is 7.22. The van der Waals surface area contributed by atoms with Gasteiger partial charge in [0.05, 0.1) is 24.0 Å². The molecule has 0 aliphatic heterocycles. The molecule has 0 radical (unpaired) electrons. The molecule has 114 valence electrons. The minimum Gasteiger partial charge on any atom is -0.481 e. The maximum Gasteiger partial charge on any atom is 0.312 e. The first-order chi connectivity index (χ1) is 9.79. The van der Waals surface area contributed by atoms with Crippen LogP contribution in [0.3, 0.4) is 0 Å². The summed E-state index contributed by atoms with van der Waals surface area (Å²) in [6, 6.07) is 1.51. The molecule has 1 unspecified atom stereocenters. The summed E-state index contributed by atoms with van der Waals surface area (Å²) >= 11 is 0. The number of anilines is 1. The van der Waals surface area contributed by atoms with Gasteiger partial charge in [0.2, 0.25) is 5.91 Å². The molecule has 1 aromatic rings. The van der Waals surface area contributed by atoms with Gasteiger partial charge in [-0.3, -0.25) is 14.6 Å². The Morgan fingerprint density at radius 3 is 2.43 bits per heavy atom. The first kappa shape index (κ1) is 16.4. The number of nitrogens with zero attached hydrogens (tertiary/aromatic N) is 1. The van der Waals surface area contributed by atoms with E-state index in [1.807, 2.05) is 0 Å². The van der Waals surface area contributed by atoms with Gasteiger partial charge in [-0.25, -0.2) is 4.79 Å². The zero-order valence-electron chi connectivity index (χ0n) is 11.8. The van der Waals surface area contributed by atoms with Crippen molar-refractivity contribution in [3.8, 4) is 0 Å². The van der Waals surface area contributed by atoms with Gasteiger partial charge in [0.15, 0.2) is 0 Å². The third kappa shape index (κ3) is 5.47. The molecule has 0 fully saturated rings. The highest BCUT2D eigenvalue weighted by Crippen LogP contribution is 2.10. The molecule has 0 aliphatic rings. The van der Waals surface area contributed by atoms with Gasteiger partial charge in [0, 0.05) is 0 Å². The van der Waals surface area contributed by atoms with E-state index in [0.717, 1.165) is 0 Å². The van der Waals surface area contributed by atoms with Gasteiger partial charge in [0.25, 0.3) is 0 Å². The maximum absolute atomic E-state index is 12.0. The minimum atomic E-state index is -0.982. The van der Waals surface area contributed by atoms with Crippen LogP contribution < -0.4 is 16.4 Å². The maximum atomic E-state index is 12.0. The second-order valence-electron chi connectivity index (χ2n) is 4.83. The number of aromatic nitrogens is 1. The number of carboxylic acids is 1. The summed E-state index contributed by atoms with van der Waals surface area (Å²) in [5.74, 6) is -1.54. The molecule has 1 atom stereocenters. The highest BCUT2D eigenvalue weighted by molar-refractivity contribution is 5.96. The third-order valence-corrected chi connectivity index (χ3v) is 2.67. The van der Waals surface area contributed by atoms with E-state index in [0.29, 0.717) is 11.4 Å². The van der Waals surface area contributed by atoms with Crippen LogP contribution in [-0.2, 0) is 16.0 Å². The molecular weight excluding hydrogens is 276 g/mol. The van der Waals surface area contributed by atoms with Crippen molar-refractivity contribution < 1.29 is 19.5 Å². The van der Waals surface area contributed by atoms with Crippen molar-refractivity contribution in [2.75, 3.05) is 5.32 Å². The molecule has 0 bridgehead atoms. The summed E-state index contributed by atoms with van der Waals surface area (Å²) < 4.78 is 0. The zero-order valence-corrected chi connectivity index (χ0v) is 11.8. The largest absolute Gasteiger partial charge is 0.481 e. The number of aliphatic carboxylic acids is 1. The number of urea groups is 1. The molecule has 0 spiro atoms. The summed E-state index contributed by atoms with van der Waals surface area (Å²) in [5, 5.41) is 13.6. The fourth-order valence-electron chi connectivity index (χ4n) is 1.67. The van der Waals surface area contributed by atoms with Crippen molar-refractivity contribution in [2.45, 2.75) is 26.3 Å². The number of nitrogens with one attached hydrogen (secondary N) is 2. The molecule has 3 amide bonds. The molecule has 1 heterocycles. The molecular formula is C13H18N4O4. The molecule has 5 N–H and O–H groups in total. The monoisotopic (exact) mass is 294 g/mol. The Kier molecular flexibility index (Phi) is 5.65. The van der Waals surface area contributed by atoms with Crippen LogP contribution in [0.15, 0.2) is 18.3 Å². The molecule has 0 aromatic carbocycles. The normalized spacial score (nSPS) is 11.8. The Labute approximate surface area is 121 Å². The number of hydrogen-bond donors (Lipinski definition) is 4. The summed E-state index contributed by atoms with van der Waals surface area (Å²) in [5.41, 5.74) is 5.82. The van der Waals surface area contributed by atoms with E-state index < -0.39 is 23.9 Å². The Bertz CT molecular complexity index is 527. The SMILES string of the molecule is CC(C)C(NC(N)=O)C(=O)Nc1ccc(CC(=O)O)nc1. The van der Waals surface area contributed by atoms with Gasteiger partial charge >= 0.3 is 12.0 Å². The van der Waals surface area contributed by atoms with Gasteiger partial charge in [-0.1, -0.05) is 13.8 Å². The smallest absolute Gasteiger partial charge is 0.312 e. The lowest BCUT2D eigenvalue weighted by Crippen LogP contribution is -2.49. The first-order valence-corrected chi connectivity index (χ1v) is 6.33. The highest BCUT2D eigenvalue weighted by Gasteiger charge is 2.23. The molecule has 0 aliphatic carbocycles. The van der Waals surface area contributed by atoms with Crippen LogP contribution in [-0.4, -0.2) is 34.0 Å². The number of carboxylic acid groups (broad SMARTS) is 1. The van der Waals surface area contributed by atoms with E-state index in [2.05, 4.69) is 15.6 Å². The van der Waals surface area contributed by atoms with E-state index >= 15 is 0 Å². The standard InChI is InChI=1S/C13H18N4O4/c1-7(2)11(17-13(14)21)12(20)16-9-4-3-8(15-6-9)5-10(18)19/h3-4,6-7,11H,5H2,1-2H3,(H,16,20)(H,18,19)(H3,14,17,21). The van der Waals surface area contributed by atoms with Crippen LogP contribution in [0.4, 0.5) is 10.5 Å². The van der Waals surface area contributed by atoms with Crippen LogP contribution >= 0.6 is 0 Å². The Hall–Kier alpha value is -2.64. The van der Waals surface area contributed by atoms with Crippen molar-refractivity contribution in [3.63, 3.8) is 0 Å². The Balaban J connectivity index is 2.72. The van der Waals surface area contributed by atoms with Crippen LogP contribution in [0.5, 0.6) is 0 Å². The summed E-state index contributed by atoms with van der Waals surface area (Å²) in [6.45, 7) is 3.54. The fraction of sp³-hybridized carbons (Fsp3) is 0.385. The second-order valence-corrected chi connectivity index (χ2v) is 4.83. The van der Waals surface area contributed by atoms with E-state index in [9.17, 15) is 14.4 Å². The number of carbonyl (C=O) groups excluding carboxylic acids is 2. The fourth-order valence-corrected chi connectivity index (χ4v) is 1.67. The molecule has 0 saturated carbocycles. The van der Waals surface area contributed by atoms with E-state index in [-0.39, 0.29) is 12.3 Å². The molecule has 8 nitrogen and oxygen atoms in total. The number of amides is 3. The Morgan fingerprint density at radius 1 is 1.33 bits per heavy atom. The van der Waals surface area contributed by atoms with Crippen LogP contribution in [0, 0.1) is 5.92 Å². The molecule has 21 heavy (non-hydrogen) atoms. The lowest BCUT2D eigenvalue weighted by Gasteiger charge is -2.20. The zero-order chi connectivity index (χ0) is 16.0. The molecule has 8 heteroatoms. The third-order valence-electron chi connectivity index (χ3n) is 2.67.